The Hall–Kier alpha value is -0.820. The molecule has 0 bridgehead atoms. The summed E-state index contributed by atoms with van der Waals surface area (Å²) in [6, 6.07) is 11.3. The zero-order valence-corrected chi connectivity index (χ0v) is 16.4. The van der Waals surface area contributed by atoms with Gasteiger partial charge >= 0.3 is 0 Å². The molecule has 0 radical (unpaired) electrons. The Morgan fingerprint density at radius 2 is 2.04 bits per heavy atom. The number of ketones is 1. The van der Waals surface area contributed by atoms with Gasteiger partial charge in [0.05, 0.1) is 11.4 Å². The van der Waals surface area contributed by atoms with Crippen LogP contribution in [0.2, 0.25) is 5.02 Å². The molecule has 1 aromatic heterocycles. The predicted octanol–water partition coefficient (Wildman–Crippen LogP) is 5.16. The Bertz CT molecular complexity index is 674. The van der Waals surface area contributed by atoms with Crippen LogP contribution in [0.4, 0.5) is 5.69 Å². The van der Waals surface area contributed by atoms with Gasteiger partial charge in [-0.2, -0.15) is 0 Å². The van der Waals surface area contributed by atoms with Crippen LogP contribution in [0.15, 0.2) is 46.8 Å². The fraction of sp³-hybridized carbons (Fsp3) is 0.250. The van der Waals surface area contributed by atoms with Gasteiger partial charge in [0, 0.05) is 23.0 Å². The number of benzene rings is 1. The summed E-state index contributed by atoms with van der Waals surface area (Å²) in [5.74, 6) is 1.15. The molecule has 0 N–H and O–H groups in total. The summed E-state index contributed by atoms with van der Waals surface area (Å²) in [6.07, 6.45) is 1.08. The fourth-order valence-corrected chi connectivity index (χ4v) is 3.91. The number of aliphatic imine (C=N–C) groups is 1. The normalized spacial score (nSPS) is 13.9. The maximum atomic E-state index is 12.5. The van der Waals surface area contributed by atoms with Gasteiger partial charge in [-0.15, -0.1) is 28.3 Å². The van der Waals surface area contributed by atoms with Crippen LogP contribution in [0.1, 0.15) is 16.1 Å². The lowest BCUT2D eigenvalue weighted by Gasteiger charge is -2.27. The SMILES string of the molecule is Br.O=C(CN(C1=NCCCS1)c1ccc(Cl)cc1)c1cccs1. The zero-order chi connectivity index (χ0) is 15.4. The molecule has 0 aliphatic carbocycles. The molecule has 0 saturated heterocycles. The van der Waals surface area contributed by atoms with E-state index in [9.17, 15) is 4.79 Å². The smallest absolute Gasteiger partial charge is 0.192 e. The van der Waals surface area contributed by atoms with Gasteiger partial charge in [0.15, 0.2) is 11.0 Å². The van der Waals surface area contributed by atoms with Gasteiger partial charge in [0.2, 0.25) is 0 Å². The van der Waals surface area contributed by atoms with Gasteiger partial charge < -0.3 is 4.90 Å². The van der Waals surface area contributed by atoms with Crippen molar-refractivity contribution in [3.8, 4) is 0 Å². The first kappa shape index (κ1) is 18.5. The molecular weight excluding hydrogens is 416 g/mol. The van der Waals surface area contributed by atoms with E-state index in [4.69, 9.17) is 11.6 Å². The van der Waals surface area contributed by atoms with E-state index in [-0.39, 0.29) is 22.8 Å². The van der Waals surface area contributed by atoms with Crippen molar-refractivity contribution in [2.45, 2.75) is 6.42 Å². The summed E-state index contributed by atoms with van der Waals surface area (Å²) in [7, 11) is 0. The van der Waals surface area contributed by atoms with Crippen LogP contribution in [0, 0.1) is 0 Å². The van der Waals surface area contributed by atoms with Crippen LogP contribution in [-0.4, -0.2) is 29.8 Å². The predicted molar refractivity (Wildman–Crippen MR) is 107 cm³/mol. The van der Waals surface area contributed by atoms with E-state index in [2.05, 4.69) is 4.99 Å². The molecule has 23 heavy (non-hydrogen) atoms. The lowest BCUT2D eigenvalue weighted by Crippen LogP contribution is -2.35. The molecule has 7 heteroatoms. The van der Waals surface area contributed by atoms with E-state index >= 15 is 0 Å². The van der Waals surface area contributed by atoms with E-state index < -0.39 is 0 Å². The van der Waals surface area contributed by atoms with Crippen LogP contribution in [0.25, 0.3) is 0 Å². The van der Waals surface area contributed by atoms with E-state index in [1.807, 2.05) is 46.7 Å². The van der Waals surface area contributed by atoms with Gasteiger partial charge in [-0.25, -0.2) is 0 Å². The average molecular weight is 432 g/mol. The first-order valence-corrected chi connectivity index (χ1v) is 9.25. The van der Waals surface area contributed by atoms with Crippen LogP contribution in [-0.2, 0) is 0 Å². The van der Waals surface area contributed by atoms with Crippen molar-refractivity contribution in [3.63, 3.8) is 0 Å². The summed E-state index contributed by atoms with van der Waals surface area (Å²) in [4.78, 5) is 19.8. The lowest BCUT2D eigenvalue weighted by molar-refractivity contribution is 0.101. The van der Waals surface area contributed by atoms with Crippen molar-refractivity contribution >= 4 is 68.3 Å². The molecule has 3 nitrogen and oxygen atoms in total. The van der Waals surface area contributed by atoms with Crippen molar-refractivity contribution in [2.24, 2.45) is 4.99 Å². The number of hydrogen-bond donors (Lipinski definition) is 0. The molecule has 0 saturated carbocycles. The van der Waals surface area contributed by atoms with E-state index in [1.165, 1.54) is 11.3 Å². The standard InChI is InChI=1S/C16H15ClN2OS2.BrH/c17-12-4-6-13(7-5-12)19(16-18-8-2-10-22-16)11-14(20)15-3-1-9-21-15;/h1,3-7,9H,2,8,10-11H2;1H. The van der Waals surface area contributed by atoms with Crippen LogP contribution >= 0.6 is 51.7 Å². The molecule has 0 unspecified atom stereocenters. The Labute approximate surface area is 159 Å². The van der Waals surface area contributed by atoms with Crippen molar-refractivity contribution in [1.29, 1.82) is 0 Å². The molecule has 3 rings (SSSR count). The second-order valence-corrected chi connectivity index (χ2v) is 7.28. The van der Waals surface area contributed by atoms with Gasteiger partial charge in [0.1, 0.15) is 0 Å². The lowest BCUT2D eigenvalue weighted by atomic mass is 10.2. The molecule has 1 aliphatic heterocycles. The largest absolute Gasteiger partial charge is 0.313 e. The number of amidine groups is 1. The molecule has 0 atom stereocenters. The fourth-order valence-electron chi connectivity index (χ4n) is 2.16. The molecule has 2 aromatic rings. The summed E-state index contributed by atoms with van der Waals surface area (Å²) >= 11 is 9.15. The maximum Gasteiger partial charge on any atom is 0.192 e. The monoisotopic (exact) mass is 430 g/mol. The summed E-state index contributed by atoms with van der Waals surface area (Å²) in [5.41, 5.74) is 0.947. The third kappa shape index (κ3) is 4.83. The molecule has 0 amide bonds. The maximum absolute atomic E-state index is 12.5. The summed E-state index contributed by atoms with van der Waals surface area (Å²) < 4.78 is 0. The third-order valence-electron chi connectivity index (χ3n) is 3.25. The van der Waals surface area contributed by atoms with Gasteiger partial charge in [-0.05, 0) is 42.1 Å². The number of hydrogen-bond acceptors (Lipinski definition) is 5. The number of Topliss-reactive ketones (excluding diaryl/α,β-unsaturated/α-hetero) is 1. The minimum atomic E-state index is 0. The zero-order valence-electron chi connectivity index (χ0n) is 12.3. The topological polar surface area (TPSA) is 32.7 Å². The minimum absolute atomic E-state index is 0. The number of thioether (sulfide) groups is 1. The van der Waals surface area contributed by atoms with Gasteiger partial charge in [-0.1, -0.05) is 29.4 Å². The van der Waals surface area contributed by atoms with Crippen molar-refractivity contribution in [3.05, 3.63) is 51.7 Å². The third-order valence-corrected chi connectivity index (χ3v) is 5.51. The Morgan fingerprint density at radius 1 is 1.26 bits per heavy atom. The van der Waals surface area contributed by atoms with Crippen molar-refractivity contribution < 1.29 is 4.79 Å². The first-order valence-electron chi connectivity index (χ1n) is 7.01. The number of nitrogens with zero attached hydrogens (tertiary/aromatic N) is 2. The second-order valence-electron chi connectivity index (χ2n) is 4.83. The molecule has 0 fully saturated rings. The molecular formula is C16H16BrClN2OS2. The van der Waals surface area contributed by atoms with Crippen LogP contribution < -0.4 is 4.90 Å². The minimum Gasteiger partial charge on any atom is -0.313 e. The highest BCUT2D eigenvalue weighted by Gasteiger charge is 2.20. The summed E-state index contributed by atoms with van der Waals surface area (Å²) in [6.45, 7) is 1.12. The molecule has 1 aromatic carbocycles. The van der Waals surface area contributed by atoms with Crippen molar-refractivity contribution in [2.75, 3.05) is 23.7 Å². The van der Waals surface area contributed by atoms with Gasteiger partial charge in [0.25, 0.3) is 0 Å². The quantitative estimate of drug-likeness (QED) is 0.627. The highest BCUT2D eigenvalue weighted by Crippen LogP contribution is 2.25. The highest BCUT2D eigenvalue weighted by atomic mass is 79.9. The van der Waals surface area contributed by atoms with Crippen LogP contribution in [0.3, 0.4) is 0 Å². The number of carbonyl (C=O) groups excluding carboxylic acids is 1. The van der Waals surface area contributed by atoms with E-state index in [0.717, 1.165) is 34.5 Å². The number of thiophene rings is 1. The highest BCUT2D eigenvalue weighted by molar-refractivity contribution is 8.93. The van der Waals surface area contributed by atoms with Gasteiger partial charge in [-0.3, -0.25) is 9.79 Å². The number of anilines is 1. The second kappa shape index (κ2) is 8.87. The average Bonchev–Trinajstić information content (AvgIpc) is 3.09. The number of halogens is 2. The Kier molecular flexibility index (Phi) is 7.14. The Balaban J connectivity index is 0.00000192. The molecule has 122 valence electrons. The Morgan fingerprint density at radius 3 is 2.65 bits per heavy atom. The summed E-state index contributed by atoms with van der Waals surface area (Å²) in [5, 5.41) is 3.53. The first-order chi connectivity index (χ1) is 10.7. The molecule has 0 spiro atoms. The van der Waals surface area contributed by atoms with Crippen LogP contribution in [0.5, 0.6) is 0 Å². The van der Waals surface area contributed by atoms with E-state index in [1.54, 1.807) is 11.8 Å². The molecule has 2 heterocycles. The molecule has 1 aliphatic rings. The number of carbonyl (C=O) groups is 1. The van der Waals surface area contributed by atoms with Crippen molar-refractivity contribution in [1.82, 2.24) is 0 Å². The number of rotatable bonds is 4. The van der Waals surface area contributed by atoms with E-state index in [0.29, 0.717) is 11.6 Å².